The van der Waals surface area contributed by atoms with Crippen LogP contribution in [-0.2, 0) is 109 Å². The fourth-order valence-electron chi connectivity index (χ4n) is 16.5. The highest BCUT2D eigenvalue weighted by Crippen LogP contribution is 2.24. The van der Waals surface area contributed by atoms with Crippen molar-refractivity contribution in [2.75, 3.05) is 106 Å². The number of rotatable bonds is 65. The Morgan fingerprint density at radius 3 is 1.78 bits per heavy atom. The summed E-state index contributed by atoms with van der Waals surface area (Å²) in [5.41, 5.74) is 38.8. The molecule has 2 aromatic carbocycles. The van der Waals surface area contributed by atoms with Gasteiger partial charge in [0.15, 0.2) is 5.96 Å². The number of aliphatic hydroxyl groups excluding tert-OH is 4. The standard InChI is InChI=1S/C55H101N15O18.C42H58N12O8/c1-3-4-20-38(51(82)57-2)62-52(83)39(21-18-19-26-58-47(76)32-70(33-49(78)79)34-50(80)81)63-55(86)42(36-72)65-53(84)40(24-25-43(56)73)64-54(85)41(35-71)61-46(75)31-60-48(77)37-88-30-29-87-28-27-59-45(74)23-17-15-13-11-9-7-5-6-8-10-12-14-16-22-44-66-68-69-67-44;43-28-15-16-35(56)47-17-7-6-13-30(36(44)57)50-39(60)33(20-25-22-49-29-12-5-4-11-27(25)29)52-37(58)31(14-8-18-48-42(45)46)51-38(59)32(19-24-9-2-1-3-10-24)53-40(61)34-21-26(55)23-54(34)41(28)62/h38-42,47,58,68-69,71-72,76H,3-37H2,1-2H3,(H2,56,73)(H,57,82)(H,59,74)(H,60,77)(H,61,75)(H,62,83)(H,63,86)(H,64,85)(H,65,84)(H,66,67)(H,78,79)(H,80,81);1-5,9-12,22,26,28,30-34,49,55H,6-8,13-21,23,43H2,(H2,44,57)(H,47,56)(H,50,60)(H,51,59)(H,52,58)(H,53,61)(H4,45,46,48)/t38-,39-,40-,41-,42-,47?;26-,28+,30?,31?,32-,33?,34+/m01/s1. The minimum atomic E-state index is -1.79. The SMILES string of the molecule is CCCC[C@H](NC(=O)[C@H](CCCCNC(O)CN(CC(=O)O)CC(=O)O)NC(=O)[C@H](CO)NC(=O)[C@H](CCC(N)=O)NC(=O)[C@H](CO)NC(=O)CNC(=O)COCCOCCNC(=O)CCCCCCCCCCCCCCCC1=NNNN1)C(=O)NC.NC(=O)C1CCCCNC(=O)CC[C@H](N)C(=O)N2C[C@H](O)C[C@H]2C(=O)N[C@H](Cc2ccccc2)C(=O)NC(CCCN=C(N)N)C(=O)NC(Cc2c[nH]c3ccccc23)C(=O)N1. The molecule has 4 unspecified atom stereocenters. The number of para-hydroxylation sites is 1. The number of aliphatic imine (C=N–C) groups is 1. The normalized spacial score (nSPS) is 18.6. The van der Waals surface area contributed by atoms with Gasteiger partial charge in [-0.3, -0.25) is 107 Å². The summed E-state index contributed by atoms with van der Waals surface area (Å²) in [6, 6.07) is 1.30. The van der Waals surface area contributed by atoms with E-state index in [1.54, 1.807) is 36.5 Å². The van der Waals surface area contributed by atoms with E-state index in [4.69, 9.17) is 48.4 Å². The lowest BCUT2D eigenvalue weighted by Crippen LogP contribution is -2.60. The number of likely N-dealkylation sites (N-methyl/N-ethyl adjacent to an activating group) is 1. The monoisotopic (exact) mass is 2120 g/mol. The number of benzene rings is 2. The van der Waals surface area contributed by atoms with Gasteiger partial charge in [0.1, 0.15) is 79.1 Å². The molecule has 6 rings (SSSR count). The Kier molecular flexibility index (Phi) is 61.7. The van der Waals surface area contributed by atoms with Crippen LogP contribution in [0.3, 0.4) is 0 Å². The molecule has 2 fully saturated rings. The number of hydrazine groups is 2. The molecule has 34 N–H and O–H groups in total. The van der Waals surface area contributed by atoms with Crippen LogP contribution >= 0.6 is 0 Å². The maximum Gasteiger partial charge on any atom is 0.317 e. The zero-order chi connectivity index (χ0) is 110. The van der Waals surface area contributed by atoms with Crippen molar-refractivity contribution < 1.29 is 126 Å². The number of aliphatic carboxylic acids is 2. The van der Waals surface area contributed by atoms with E-state index in [0.29, 0.717) is 49.8 Å². The predicted octanol–water partition coefficient (Wildman–Crippen LogP) is -6.01. The third-order valence-electron chi connectivity index (χ3n) is 24.7. The highest BCUT2D eigenvalue weighted by atomic mass is 16.5. The molecule has 0 saturated carbocycles. The Morgan fingerprint density at radius 2 is 1.16 bits per heavy atom. The lowest BCUT2D eigenvalue weighted by atomic mass is 10.0. The van der Waals surface area contributed by atoms with Crippen molar-refractivity contribution in [3.63, 3.8) is 0 Å². The number of ether oxygens (including phenoxy) is 2. The first-order valence-electron chi connectivity index (χ1n) is 51.4. The third-order valence-corrected chi connectivity index (χ3v) is 24.7. The van der Waals surface area contributed by atoms with Gasteiger partial charge in [-0.15, -0.1) is 10.6 Å². The number of aliphatic hydroxyl groups is 4. The number of H-pyrrole nitrogens is 1. The number of nitrogens with two attached hydrogens (primary N) is 5. The summed E-state index contributed by atoms with van der Waals surface area (Å²) in [6.07, 6.45) is 17.6. The number of nitrogens with one attached hydrogen (secondary N) is 18. The molecule has 2 saturated heterocycles. The highest BCUT2D eigenvalue weighted by Gasteiger charge is 2.43. The Labute approximate surface area is 871 Å². The number of fused-ring (bicyclic) bond motifs is 2. The average molecular weight is 2120 g/mol. The largest absolute Gasteiger partial charge is 0.480 e. The maximum atomic E-state index is 14.4. The fourth-order valence-corrected chi connectivity index (χ4v) is 16.5. The summed E-state index contributed by atoms with van der Waals surface area (Å²) < 4.78 is 10.7. The fraction of sp³-hybridized carbons (Fsp3) is 0.649. The van der Waals surface area contributed by atoms with Crippen molar-refractivity contribution in [2.24, 2.45) is 38.8 Å². The minimum Gasteiger partial charge on any atom is -0.480 e. The van der Waals surface area contributed by atoms with Crippen molar-refractivity contribution in [3.8, 4) is 0 Å². The van der Waals surface area contributed by atoms with Gasteiger partial charge in [-0.05, 0) is 107 Å². The van der Waals surface area contributed by atoms with Crippen LogP contribution in [0, 0.1) is 0 Å². The first-order valence-corrected chi connectivity index (χ1v) is 51.4. The minimum absolute atomic E-state index is 0.00276. The van der Waals surface area contributed by atoms with E-state index in [0.717, 1.165) is 58.6 Å². The molecule has 1 aromatic heterocycles. The van der Waals surface area contributed by atoms with Gasteiger partial charge in [-0.25, -0.2) is 5.53 Å². The van der Waals surface area contributed by atoms with Crippen molar-refractivity contribution in [1.82, 2.24) is 106 Å². The van der Waals surface area contributed by atoms with Crippen LogP contribution in [0.2, 0.25) is 0 Å². The summed E-state index contributed by atoms with van der Waals surface area (Å²) in [5.74, 6) is -13.9. The van der Waals surface area contributed by atoms with Gasteiger partial charge in [0.25, 0.3) is 0 Å². The molecule has 0 aliphatic carbocycles. The number of amidine groups is 1. The zero-order valence-electron chi connectivity index (χ0n) is 85.7. The number of unbranched alkanes of at least 4 members (excludes halogenated alkanes) is 14. The molecule has 4 heterocycles. The second-order valence-electron chi connectivity index (χ2n) is 37.0. The molecular weight excluding hydrogens is 1960 g/mol. The predicted molar refractivity (Wildman–Crippen MR) is 548 cm³/mol. The number of guanidine groups is 1. The zero-order valence-corrected chi connectivity index (χ0v) is 85.7. The molecule has 3 aromatic rings. The summed E-state index contributed by atoms with van der Waals surface area (Å²) in [5, 5.41) is 100. The van der Waals surface area contributed by atoms with Crippen molar-refractivity contribution in [3.05, 3.63) is 71.9 Å². The molecule has 0 radical (unpaired) electrons. The number of hydrogen-bond donors (Lipinski definition) is 29. The van der Waals surface area contributed by atoms with Crippen molar-refractivity contribution >= 4 is 129 Å². The van der Waals surface area contributed by atoms with E-state index in [2.05, 4.69) is 106 Å². The topological polar surface area (TPSA) is 829 Å². The van der Waals surface area contributed by atoms with Gasteiger partial charge in [0.05, 0.1) is 64.8 Å². The molecule has 53 heteroatoms. The lowest BCUT2D eigenvalue weighted by Gasteiger charge is -2.29. The summed E-state index contributed by atoms with van der Waals surface area (Å²) in [4.78, 5) is 243. The van der Waals surface area contributed by atoms with Crippen LogP contribution in [0.15, 0.2) is 70.9 Å². The number of aromatic nitrogens is 1. The van der Waals surface area contributed by atoms with Gasteiger partial charge >= 0.3 is 11.9 Å². The summed E-state index contributed by atoms with van der Waals surface area (Å²) in [6.45, 7) is -2.07. The van der Waals surface area contributed by atoms with E-state index in [9.17, 15) is 107 Å². The molecule has 0 bridgehead atoms. The van der Waals surface area contributed by atoms with Crippen LogP contribution in [0.5, 0.6) is 0 Å². The number of primary amides is 2. The molecule has 3 aliphatic rings. The number of carboxylic acid groups (broad SMARTS) is 2. The number of aromatic amines is 1. The van der Waals surface area contributed by atoms with E-state index in [-0.39, 0.29) is 147 Å². The summed E-state index contributed by atoms with van der Waals surface area (Å²) in [7, 11) is 1.37. The number of carbonyl (C=O) groups excluding carboxylic acids is 16. The number of carboxylic acids is 2. The first-order chi connectivity index (χ1) is 71.9. The Morgan fingerprint density at radius 1 is 0.587 bits per heavy atom. The lowest BCUT2D eigenvalue weighted by molar-refractivity contribution is -0.143. The maximum absolute atomic E-state index is 14.4. The molecule has 16 amide bonds. The van der Waals surface area contributed by atoms with Crippen LogP contribution in [-0.4, -0.2) is 348 Å². The van der Waals surface area contributed by atoms with Gasteiger partial charge in [0.2, 0.25) is 94.5 Å². The van der Waals surface area contributed by atoms with Crippen LogP contribution in [0.25, 0.3) is 10.9 Å². The number of hydrazone groups is 1. The van der Waals surface area contributed by atoms with E-state index < -0.39 is 226 Å². The quantitative estimate of drug-likeness (QED) is 0.0108. The van der Waals surface area contributed by atoms with Gasteiger partial charge < -0.3 is 148 Å². The molecular formula is C97H159N27O26. The highest BCUT2D eigenvalue weighted by molar-refractivity contribution is 6.00. The van der Waals surface area contributed by atoms with E-state index >= 15 is 0 Å². The Balaban J connectivity index is 0.000000557. The van der Waals surface area contributed by atoms with Crippen LogP contribution < -0.4 is 120 Å². The third kappa shape index (κ3) is 52.2. The molecule has 0 spiro atoms. The van der Waals surface area contributed by atoms with Gasteiger partial charge in [0, 0.05) is 102 Å². The molecule has 838 valence electrons. The Hall–Kier alpha value is -13.4. The molecule has 53 nitrogen and oxygen atoms in total. The average Bonchev–Trinajstić information content (AvgIpc) is 1.68. The van der Waals surface area contributed by atoms with Crippen LogP contribution in [0.1, 0.15) is 217 Å². The van der Waals surface area contributed by atoms with Crippen LogP contribution in [0.4, 0.5) is 0 Å². The second kappa shape index (κ2) is 72.9. The van der Waals surface area contributed by atoms with E-state index in [1.807, 2.05) is 31.2 Å². The van der Waals surface area contributed by atoms with E-state index in [1.165, 1.54) is 64.8 Å². The van der Waals surface area contributed by atoms with Crippen molar-refractivity contribution in [2.45, 2.75) is 298 Å². The summed E-state index contributed by atoms with van der Waals surface area (Å²) >= 11 is 0. The molecule has 3 aliphatic heterocycles. The van der Waals surface area contributed by atoms with Gasteiger partial charge in [-0.2, -0.15) is 0 Å². The number of hydrogen-bond acceptors (Lipinski definition) is 32. The molecule has 150 heavy (non-hydrogen) atoms. The first kappa shape index (κ1) is 127. The number of nitrogens with zero attached hydrogens (tertiary/aromatic N) is 4. The number of carbonyl (C=O) groups is 18. The smallest absolute Gasteiger partial charge is 0.317 e. The van der Waals surface area contributed by atoms with Crippen molar-refractivity contribution in [1.29, 1.82) is 0 Å². The van der Waals surface area contributed by atoms with Gasteiger partial charge in [-0.1, -0.05) is 139 Å². The number of amides is 16. The second-order valence-corrected chi connectivity index (χ2v) is 37.0. The Bertz CT molecular complexity index is 4790. The molecule has 13 atom stereocenters.